The molecule has 0 aliphatic carbocycles. The number of anilines is 2. The van der Waals surface area contributed by atoms with Crippen LogP contribution < -0.4 is 15.1 Å². The number of urea groups is 1. The van der Waals surface area contributed by atoms with Crippen LogP contribution in [0.4, 0.5) is 16.3 Å². The van der Waals surface area contributed by atoms with Gasteiger partial charge in [-0.3, -0.25) is 9.88 Å². The first kappa shape index (κ1) is 16.5. The van der Waals surface area contributed by atoms with Gasteiger partial charge in [-0.05, 0) is 44.0 Å². The highest BCUT2D eigenvalue weighted by molar-refractivity contribution is 5.97. The van der Waals surface area contributed by atoms with E-state index in [-0.39, 0.29) is 18.1 Å². The first-order valence-corrected chi connectivity index (χ1v) is 9.55. The van der Waals surface area contributed by atoms with Crippen LogP contribution in [0.5, 0.6) is 0 Å². The molecule has 7 nitrogen and oxygen atoms in total. The van der Waals surface area contributed by atoms with Gasteiger partial charge in [0.25, 0.3) is 0 Å². The molecule has 3 aliphatic rings. The van der Waals surface area contributed by atoms with Crippen LogP contribution in [-0.2, 0) is 4.74 Å². The van der Waals surface area contributed by atoms with Gasteiger partial charge >= 0.3 is 6.03 Å². The fourth-order valence-corrected chi connectivity index (χ4v) is 4.14. The zero-order valence-corrected chi connectivity index (χ0v) is 15.4. The molecule has 0 radical (unpaired) electrons. The van der Waals surface area contributed by atoms with Gasteiger partial charge in [0, 0.05) is 37.2 Å². The smallest absolute Gasteiger partial charge is 0.323 e. The lowest BCUT2D eigenvalue weighted by Crippen LogP contribution is -2.53. The van der Waals surface area contributed by atoms with Gasteiger partial charge in [0.05, 0.1) is 30.1 Å². The second-order valence-electron chi connectivity index (χ2n) is 7.50. The van der Waals surface area contributed by atoms with Gasteiger partial charge in [-0.1, -0.05) is 0 Å². The molecule has 2 atom stereocenters. The molecule has 2 amide bonds. The maximum Gasteiger partial charge on any atom is 0.323 e. The number of hydrogen-bond donors (Lipinski definition) is 1. The summed E-state index contributed by atoms with van der Waals surface area (Å²) in [6.07, 6.45) is 3.67. The van der Waals surface area contributed by atoms with Crippen molar-refractivity contribution in [3.8, 4) is 11.3 Å². The van der Waals surface area contributed by atoms with Crippen LogP contribution in [0.1, 0.15) is 18.5 Å². The Balaban J connectivity index is 1.51. The second kappa shape index (κ2) is 6.49. The van der Waals surface area contributed by atoms with Crippen LogP contribution in [0, 0.1) is 6.92 Å². The molecule has 1 N–H and O–H groups in total. The number of hydrogen-bond acceptors (Lipinski definition) is 5. The van der Waals surface area contributed by atoms with Gasteiger partial charge in [0.1, 0.15) is 0 Å². The fourth-order valence-electron chi connectivity index (χ4n) is 4.14. The molecule has 1 unspecified atom stereocenters. The lowest BCUT2D eigenvalue weighted by Gasteiger charge is -2.36. The molecule has 2 aromatic rings. The summed E-state index contributed by atoms with van der Waals surface area (Å²) in [5.74, 6) is 0.748. The number of aromatic nitrogens is 2. The molecule has 0 aromatic carbocycles. The minimum atomic E-state index is -0.0648. The monoisotopic (exact) mass is 365 g/mol. The number of amides is 2. The number of fused-ring (bicyclic) bond motifs is 4. The largest absolute Gasteiger partial charge is 0.379 e. The van der Waals surface area contributed by atoms with Crippen molar-refractivity contribution in [1.82, 2.24) is 15.3 Å². The van der Waals surface area contributed by atoms with Crippen LogP contribution in [0.25, 0.3) is 11.3 Å². The minimum absolute atomic E-state index is 0.0648. The Morgan fingerprint density at radius 2 is 2.19 bits per heavy atom. The fraction of sp³-hybridized carbons (Fsp3) is 0.450. The van der Waals surface area contributed by atoms with E-state index in [0.717, 1.165) is 54.4 Å². The van der Waals surface area contributed by atoms with E-state index < -0.39 is 0 Å². The number of rotatable bonds is 2. The van der Waals surface area contributed by atoms with E-state index in [4.69, 9.17) is 9.72 Å². The molecule has 0 saturated carbocycles. The van der Waals surface area contributed by atoms with Crippen LogP contribution in [-0.4, -0.2) is 54.4 Å². The Kier molecular flexibility index (Phi) is 3.97. The first-order valence-electron chi connectivity index (χ1n) is 9.55. The van der Waals surface area contributed by atoms with E-state index in [1.807, 2.05) is 36.2 Å². The van der Waals surface area contributed by atoms with E-state index in [1.54, 1.807) is 0 Å². The van der Waals surface area contributed by atoms with Crippen molar-refractivity contribution in [1.29, 1.82) is 0 Å². The summed E-state index contributed by atoms with van der Waals surface area (Å²) in [6, 6.07) is 8.29. The summed E-state index contributed by atoms with van der Waals surface area (Å²) in [4.78, 5) is 26.5. The minimum Gasteiger partial charge on any atom is -0.379 e. The summed E-state index contributed by atoms with van der Waals surface area (Å²) >= 11 is 0. The molecule has 2 fully saturated rings. The van der Waals surface area contributed by atoms with Crippen LogP contribution in [0.3, 0.4) is 0 Å². The maximum atomic E-state index is 13.1. The SMILES string of the molecule is Cc1ccc(-c2ccc3c(n2)N(C(=O)NC2CCOC2)[C@H]2CCN3C2)cn1. The molecule has 2 saturated heterocycles. The van der Waals surface area contributed by atoms with E-state index in [2.05, 4.69) is 21.3 Å². The molecular weight excluding hydrogens is 342 g/mol. The summed E-state index contributed by atoms with van der Waals surface area (Å²) in [7, 11) is 0. The highest BCUT2D eigenvalue weighted by atomic mass is 16.5. The maximum absolute atomic E-state index is 13.1. The number of pyridine rings is 2. The lowest BCUT2D eigenvalue weighted by atomic mass is 10.1. The van der Waals surface area contributed by atoms with Gasteiger partial charge < -0.3 is 15.0 Å². The lowest BCUT2D eigenvalue weighted by molar-refractivity contribution is 0.189. The molecule has 0 spiro atoms. The van der Waals surface area contributed by atoms with Crippen molar-refractivity contribution < 1.29 is 9.53 Å². The van der Waals surface area contributed by atoms with Gasteiger partial charge in [-0.15, -0.1) is 0 Å². The van der Waals surface area contributed by atoms with Crippen molar-refractivity contribution >= 4 is 17.5 Å². The molecular formula is C20H23N5O2. The van der Waals surface area contributed by atoms with Crippen LogP contribution in [0.2, 0.25) is 0 Å². The van der Waals surface area contributed by atoms with Crippen LogP contribution >= 0.6 is 0 Å². The Bertz CT molecular complexity index is 863. The summed E-state index contributed by atoms with van der Waals surface area (Å²) in [5, 5.41) is 3.13. The number of nitrogens with zero attached hydrogens (tertiary/aromatic N) is 4. The third-order valence-electron chi connectivity index (χ3n) is 5.64. The summed E-state index contributed by atoms with van der Waals surface area (Å²) in [6.45, 7) is 5.09. The molecule has 7 heteroatoms. The van der Waals surface area contributed by atoms with E-state index in [9.17, 15) is 4.79 Å². The van der Waals surface area contributed by atoms with Gasteiger partial charge in [-0.25, -0.2) is 9.78 Å². The van der Waals surface area contributed by atoms with Crippen molar-refractivity contribution in [3.63, 3.8) is 0 Å². The van der Waals surface area contributed by atoms with E-state index in [0.29, 0.717) is 13.2 Å². The van der Waals surface area contributed by atoms with E-state index >= 15 is 0 Å². The molecule has 140 valence electrons. The number of carbonyl (C=O) groups excluding carboxylic acids is 1. The van der Waals surface area contributed by atoms with Crippen molar-refractivity contribution in [2.24, 2.45) is 0 Å². The first-order chi connectivity index (χ1) is 13.2. The standard InChI is InChI=1S/C20H23N5O2/c1-13-2-3-14(10-21-13)17-4-5-18-19(23-17)25(16-6-8-24(18)11-16)20(26)22-15-7-9-27-12-15/h2-5,10,15-16H,6-9,11-12H2,1H3,(H,22,26)/t15?,16-/m0/s1. The Morgan fingerprint density at radius 3 is 2.96 bits per heavy atom. The molecule has 2 aromatic heterocycles. The second-order valence-corrected chi connectivity index (χ2v) is 7.50. The zero-order chi connectivity index (χ0) is 18.4. The Labute approximate surface area is 158 Å². The average Bonchev–Trinajstić information content (AvgIpc) is 3.33. The van der Waals surface area contributed by atoms with Crippen molar-refractivity contribution in [2.75, 3.05) is 36.1 Å². The number of ether oxygens (including phenoxy) is 1. The quantitative estimate of drug-likeness (QED) is 0.885. The average molecular weight is 365 g/mol. The third kappa shape index (κ3) is 2.92. The number of aryl methyl sites for hydroxylation is 1. The normalized spacial score (nSPS) is 23.4. The predicted molar refractivity (Wildman–Crippen MR) is 103 cm³/mol. The van der Waals surface area contributed by atoms with Crippen LogP contribution in [0.15, 0.2) is 30.5 Å². The van der Waals surface area contributed by atoms with Gasteiger partial charge in [0.15, 0.2) is 5.82 Å². The van der Waals surface area contributed by atoms with Gasteiger partial charge in [-0.2, -0.15) is 0 Å². The molecule has 5 heterocycles. The summed E-state index contributed by atoms with van der Waals surface area (Å²) in [5.41, 5.74) is 3.80. The number of nitrogens with one attached hydrogen (secondary N) is 1. The molecule has 27 heavy (non-hydrogen) atoms. The zero-order valence-electron chi connectivity index (χ0n) is 15.4. The molecule has 5 rings (SSSR count). The Hall–Kier alpha value is -2.67. The van der Waals surface area contributed by atoms with E-state index in [1.165, 1.54) is 0 Å². The molecule has 2 bridgehead atoms. The highest BCUT2D eigenvalue weighted by Crippen LogP contribution is 2.40. The highest BCUT2D eigenvalue weighted by Gasteiger charge is 2.40. The third-order valence-corrected chi connectivity index (χ3v) is 5.64. The van der Waals surface area contributed by atoms with Crippen molar-refractivity contribution in [3.05, 3.63) is 36.2 Å². The number of carbonyl (C=O) groups is 1. The van der Waals surface area contributed by atoms with Gasteiger partial charge in [0.2, 0.25) is 0 Å². The molecule has 3 aliphatic heterocycles. The Morgan fingerprint density at radius 1 is 1.26 bits per heavy atom. The van der Waals surface area contributed by atoms with Crippen molar-refractivity contribution in [2.45, 2.75) is 31.8 Å². The summed E-state index contributed by atoms with van der Waals surface area (Å²) < 4.78 is 5.40. The predicted octanol–water partition coefficient (Wildman–Crippen LogP) is 2.35. The topological polar surface area (TPSA) is 70.6 Å².